The van der Waals surface area contributed by atoms with E-state index in [-0.39, 0.29) is 0 Å². The van der Waals surface area contributed by atoms with Crippen LogP contribution in [-0.4, -0.2) is 48.1 Å². The van der Waals surface area contributed by atoms with Crippen molar-refractivity contribution in [3.63, 3.8) is 0 Å². The summed E-state index contributed by atoms with van der Waals surface area (Å²) in [6.07, 6.45) is 0. The van der Waals surface area contributed by atoms with Crippen molar-refractivity contribution in [3.8, 4) is 0 Å². The van der Waals surface area contributed by atoms with Crippen molar-refractivity contribution in [2.45, 2.75) is 13.8 Å². The lowest BCUT2D eigenvalue weighted by molar-refractivity contribution is -0.150. The Bertz CT molecular complexity index is 178. The van der Waals surface area contributed by atoms with Gasteiger partial charge in [0.1, 0.15) is 0 Å². The Labute approximate surface area is 77.7 Å². The molecule has 5 nitrogen and oxygen atoms in total. The van der Waals surface area contributed by atoms with Gasteiger partial charge in [-0.25, -0.2) is 4.79 Å². The fourth-order valence-corrected chi connectivity index (χ4v) is 0.943. The highest BCUT2D eigenvalue weighted by atomic mass is 16.4. The van der Waals surface area contributed by atoms with E-state index < -0.39 is 11.9 Å². The van der Waals surface area contributed by atoms with Crippen molar-refractivity contribution in [2.24, 2.45) is 0 Å². The topological polar surface area (TPSA) is 69.6 Å². The van der Waals surface area contributed by atoms with Crippen molar-refractivity contribution < 1.29 is 14.7 Å². The Hall–Kier alpha value is -1.10. The molecule has 0 radical (unpaired) electrons. The zero-order valence-corrected chi connectivity index (χ0v) is 8.04. The highest BCUT2D eigenvalue weighted by Gasteiger charge is 2.09. The monoisotopic (exact) mass is 188 g/mol. The van der Waals surface area contributed by atoms with Gasteiger partial charge in [0, 0.05) is 13.1 Å². The number of aliphatic carboxylic acids is 1. The minimum Gasteiger partial charge on any atom is -0.474 e. The predicted molar refractivity (Wildman–Crippen MR) is 48.4 cm³/mol. The maximum atomic E-state index is 10.6. The summed E-state index contributed by atoms with van der Waals surface area (Å²) in [5, 5.41) is 10.5. The number of hydrogen-bond acceptors (Lipinski definition) is 3. The van der Waals surface area contributed by atoms with Gasteiger partial charge in [0.25, 0.3) is 0 Å². The van der Waals surface area contributed by atoms with E-state index in [0.717, 1.165) is 13.1 Å². The average Bonchev–Trinajstić information content (AvgIpc) is 2.12. The Balaban J connectivity index is 3.54. The standard InChI is InChI=1S/C8H16N2O3/c1-3-10(4-2)6-5-9-7(11)8(12)13/h3-6H2,1-2H3,(H,9,11)(H,12,13). The second kappa shape index (κ2) is 6.42. The SMILES string of the molecule is CCN(CC)CCNC(=O)C(=O)O. The molecule has 0 atom stereocenters. The molecule has 5 heteroatoms. The lowest BCUT2D eigenvalue weighted by atomic mass is 10.4. The molecule has 0 spiro atoms. The van der Waals surface area contributed by atoms with Crippen LogP contribution in [0.4, 0.5) is 0 Å². The average molecular weight is 188 g/mol. The van der Waals surface area contributed by atoms with Crippen LogP contribution >= 0.6 is 0 Å². The number of carbonyl (C=O) groups is 2. The van der Waals surface area contributed by atoms with Crippen molar-refractivity contribution in [1.82, 2.24) is 10.2 Å². The van der Waals surface area contributed by atoms with Gasteiger partial charge in [0.15, 0.2) is 0 Å². The van der Waals surface area contributed by atoms with Crippen molar-refractivity contribution >= 4 is 11.9 Å². The molecule has 2 N–H and O–H groups in total. The van der Waals surface area contributed by atoms with Crippen LogP contribution in [0.3, 0.4) is 0 Å². The third-order valence-corrected chi connectivity index (χ3v) is 1.80. The van der Waals surface area contributed by atoms with Crippen LogP contribution in [0.15, 0.2) is 0 Å². The number of carboxylic acids is 1. The molecule has 0 saturated heterocycles. The summed E-state index contributed by atoms with van der Waals surface area (Å²) >= 11 is 0. The van der Waals surface area contributed by atoms with E-state index in [2.05, 4.69) is 10.2 Å². The van der Waals surface area contributed by atoms with E-state index in [1.54, 1.807) is 0 Å². The third-order valence-electron chi connectivity index (χ3n) is 1.80. The third kappa shape index (κ3) is 5.19. The van der Waals surface area contributed by atoms with E-state index in [1.807, 2.05) is 13.8 Å². The predicted octanol–water partition coefficient (Wildman–Crippen LogP) is -0.471. The number of nitrogens with zero attached hydrogens (tertiary/aromatic N) is 1. The summed E-state index contributed by atoms with van der Waals surface area (Å²) in [5.41, 5.74) is 0. The molecule has 0 bridgehead atoms. The molecule has 0 saturated carbocycles. The summed E-state index contributed by atoms with van der Waals surface area (Å²) in [6.45, 7) is 6.91. The number of nitrogens with one attached hydrogen (secondary N) is 1. The first kappa shape index (κ1) is 11.9. The summed E-state index contributed by atoms with van der Waals surface area (Å²) in [5.74, 6) is -2.37. The van der Waals surface area contributed by atoms with Gasteiger partial charge in [0.05, 0.1) is 0 Å². The Kier molecular flexibility index (Phi) is 5.88. The largest absolute Gasteiger partial charge is 0.474 e. The molecular formula is C8H16N2O3. The molecule has 0 aromatic heterocycles. The van der Waals surface area contributed by atoms with Gasteiger partial charge in [-0.2, -0.15) is 0 Å². The zero-order chi connectivity index (χ0) is 10.3. The quantitative estimate of drug-likeness (QED) is 0.572. The second-order valence-electron chi connectivity index (χ2n) is 2.59. The van der Waals surface area contributed by atoms with Crippen LogP contribution in [-0.2, 0) is 9.59 Å². The molecule has 0 heterocycles. The molecule has 0 rings (SSSR count). The van der Waals surface area contributed by atoms with Crippen molar-refractivity contribution in [1.29, 1.82) is 0 Å². The molecule has 0 aromatic carbocycles. The van der Waals surface area contributed by atoms with Crippen LogP contribution in [0.2, 0.25) is 0 Å². The number of likely N-dealkylation sites (N-methyl/N-ethyl adjacent to an activating group) is 1. The maximum absolute atomic E-state index is 10.6. The Morgan fingerprint density at radius 3 is 2.23 bits per heavy atom. The normalized spacial score (nSPS) is 10.1. The van der Waals surface area contributed by atoms with E-state index in [0.29, 0.717) is 13.1 Å². The summed E-state index contributed by atoms with van der Waals surface area (Å²) in [4.78, 5) is 22.8. The van der Waals surface area contributed by atoms with E-state index >= 15 is 0 Å². The van der Waals surface area contributed by atoms with Gasteiger partial charge in [-0.05, 0) is 13.1 Å². The fraction of sp³-hybridized carbons (Fsp3) is 0.750. The van der Waals surface area contributed by atoms with Gasteiger partial charge in [-0.15, -0.1) is 0 Å². The summed E-state index contributed by atoms with van der Waals surface area (Å²) < 4.78 is 0. The molecule has 0 aliphatic carbocycles. The van der Waals surface area contributed by atoms with Crippen LogP contribution in [0.1, 0.15) is 13.8 Å². The van der Waals surface area contributed by atoms with E-state index in [1.165, 1.54) is 0 Å². The number of hydrogen-bond donors (Lipinski definition) is 2. The molecule has 0 aliphatic rings. The van der Waals surface area contributed by atoms with E-state index in [9.17, 15) is 9.59 Å². The summed E-state index contributed by atoms with van der Waals surface area (Å²) in [6, 6.07) is 0. The molecule has 76 valence electrons. The molecule has 0 unspecified atom stereocenters. The number of carbonyl (C=O) groups excluding carboxylic acids is 1. The van der Waals surface area contributed by atoms with Gasteiger partial charge in [-0.3, -0.25) is 4.79 Å². The zero-order valence-electron chi connectivity index (χ0n) is 8.04. The van der Waals surface area contributed by atoms with Gasteiger partial charge in [0.2, 0.25) is 0 Å². The highest BCUT2D eigenvalue weighted by molar-refractivity contribution is 6.31. The highest BCUT2D eigenvalue weighted by Crippen LogP contribution is 1.83. The smallest absolute Gasteiger partial charge is 0.394 e. The number of amides is 1. The molecule has 0 fully saturated rings. The molecule has 13 heavy (non-hydrogen) atoms. The first-order valence-electron chi connectivity index (χ1n) is 4.35. The Morgan fingerprint density at radius 1 is 1.31 bits per heavy atom. The van der Waals surface area contributed by atoms with Gasteiger partial charge < -0.3 is 15.3 Å². The minimum atomic E-state index is -1.43. The maximum Gasteiger partial charge on any atom is 0.394 e. The van der Waals surface area contributed by atoms with Crippen LogP contribution in [0.25, 0.3) is 0 Å². The lowest BCUT2D eigenvalue weighted by Gasteiger charge is -2.17. The second-order valence-corrected chi connectivity index (χ2v) is 2.59. The molecule has 1 amide bonds. The van der Waals surface area contributed by atoms with Crippen LogP contribution in [0.5, 0.6) is 0 Å². The van der Waals surface area contributed by atoms with Crippen molar-refractivity contribution in [2.75, 3.05) is 26.2 Å². The molecular weight excluding hydrogens is 172 g/mol. The first-order valence-corrected chi connectivity index (χ1v) is 4.35. The van der Waals surface area contributed by atoms with Gasteiger partial charge in [-0.1, -0.05) is 13.8 Å². The van der Waals surface area contributed by atoms with Gasteiger partial charge >= 0.3 is 11.9 Å². The van der Waals surface area contributed by atoms with E-state index in [4.69, 9.17) is 5.11 Å². The Morgan fingerprint density at radius 2 is 1.85 bits per heavy atom. The fourth-order valence-electron chi connectivity index (χ4n) is 0.943. The minimum absolute atomic E-state index is 0.382. The number of carboxylic acid groups (broad SMARTS) is 1. The van der Waals surface area contributed by atoms with Crippen LogP contribution in [0, 0.1) is 0 Å². The first-order chi connectivity index (χ1) is 6.11. The molecule has 0 aromatic rings. The van der Waals surface area contributed by atoms with Crippen LogP contribution < -0.4 is 5.32 Å². The summed E-state index contributed by atoms with van der Waals surface area (Å²) in [7, 11) is 0. The number of rotatable bonds is 5. The molecule has 0 aliphatic heterocycles. The lowest BCUT2D eigenvalue weighted by Crippen LogP contribution is -2.37. The van der Waals surface area contributed by atoms with Crippen molar-refractivity contribution in [3.05, 3.63) is 0 Å².